The van der Waals surface area contributed by atoms with E-state index in [2.05, 4.69) is 11.4 Å². The van der Waals surface area contributed by atoms with Crippen LogP contribution in [0.15, 0.2) is 35.7 Å². The van der Waals surface area contributed by atoms with Crippen molar-refractivity contribution in [3.05, 3.63) is 57.5 Å². The Hall–Kier alpha value is -1.68. The fourth-order valence-corrected chi connectivity index (χ4v) is 3.45. The van der Waals surface area contributed by atoms with Gasteiger partial charge in [0.25, 0.3) is 0 Å². The molecule has 2 aromatic rings. The lowest BCUT2D eigenvalue weighted by atomic mass is 10.1. The highest BCUT2D eigenvalue weighted by Crippen LogP contribution is 2.24. The first-order valence-corrected chi connectivity index (χ1v) is 7.68. The standard InChI is InChI=1S/C16H16FNOS/c17-14-3-1-2-12(10-14)4-5-16(19)18-8-6-15-13(11-18)7-9-20-15/h1-3,7,9-10H,4-6,8,11H2. The second-order valence-electron chi connectivity index (χ2n) is 5.06. The van der Waals surface area contributed by atoms with Gasteiger partial charge in [-0.15, -0.1) is 11.3 Å². The van der Waals surface area contributed by atoms with E-state index in [1.807, 2.05) is 11.0 Å². The van der Waals surface area contributed by atoms with Crippen LogP contribution in [-0.2, 0) is 24.2 Å². The van der Waals surface area contributed by atoms with Gasteiger partial charge in [0, 0.05) is 24.4 Å². The number of halogens is 1. The molecule has 0 atom stereocenters. The monoisotopic (exact) mass is 289 g/mol. The van der Waals surface area contributed by atoms with Crippen molar-refractivity contribution in [1.82, 2.24) is 4.90 Å². The summed E-state index contributed by atoms with van der Waals surface area (Å²) < 4.78 is 13.1. The summed E-state index contributed by atoms with van der Waals surface area (Å²) in [6.07, 6.45) is 2.01. The van der Waals surface area contributed by atoms with Crippen LogP contribution in [0.25, 0.3) is 0 Å². The Bertz CT molecular complexity index is 622. The smallest absolute Gasteiger partial charge is 0.223 e. The third-order valence-corrected chi connectivity index (χ3v) is 4.70. The van der Waals surface area contributed by atoms with E-state index in [9.17, 15) is 9.18 Å². The number of fused-ring (bicyclic) bond motifs is 1. The fourth-order valence-electron chi connectivity index (χ4n) is 2.56. The molecule has 1 aliphatic heterocycles. The zero-order valence-electron chi connectivity index (χ0n) is 11.1. The van der Waals surface area contributed by atoms with Gasteiger partial charge in [0.2, 0.25) is 5.91 Å². The molecule has 0 fully saturated rings. The highest BCUT2D eigenvalue weighted by molar-refractivity contribution is 7.10. The van der Waals surface area contributed by atoms with Crippen LogP contribution < -0.4 is 0 Å². The minimum atomic E-state index is -0.240. The maximum absolute atomic E-state index is 13.1. The van der Waals surface area contributed by atoms with Crippen LogP contribution in [0.4, 0.5) is 4.39 Å². The summed E-state index contributed by atoms with van der Waals surface area (Å²) >= 11 is 1.77. The molecule has 1 aromatic heterocycles. The van der Waals surface area contributed by atoms with Gasteiger partial charge in [-0.1, -0.05) is 12.1 Å². The van der Waals surface area contributed by atoms with Gasteiger partial charge in [-0.25, -0.2) is 4.39 Å². The topological polar surface area (TPSA) is 20.3 Å². The van der Waals surface area contributed by atoms with Crippen LogP contribution in [-0.4, -0.2) is 17.4 Å². The van der Waals surface area contributed by atoms with Crippen molar-refractivity contribution in [3.8, 4) is 0 Å². The van der Waals surface area contributed by atoms with E-state index in [1.165, 1.54) is 22.6 Å². The van der Waals surface area contributed by atoms with Crippen molar-refractivity contribution < 1.29 is 9.18 Å². The Morgan fingerprint density at radius 3 is 3.10 bits per heavy atom. The van der Waals surface area contributed by atoms with Crippen molar-refractivity contribution in [1.29, 1.82) is 0 Å². The zero-order chi connectivity index (χ0) is 13.9. The number of benzene rings is 1. The van der Waals surface area contributed by atoms with E-state index in [-0.39, 0.29) is 11.7 Å². The molecular weight excluding hydrogens is 273 g/mol. The zero-order valence-corrected chi connectivity index (χ0v) is 12.0. The molecule has 20 heavy (non-hydrogen) atoms. The maximum atomic E-state index is 13.1. The predicted molar refractivity (Wildman–Crippen MR) is 78.2 cm³/mol. The van der Waals surface area contributed by atoms with E-state index in [1.54, 1.807) is 17.4 Å². The van der Waals surface area contributed by atoms with Gasteiger partial charge in [0.1, 0.15) is 5.82 Å². The second-order valence-corrected chi connectivity index (χ2v) is 6.06. The molecule has 0 N–H and O–H groups in total. The summed E-state index contributed by atoms with van der Waals surface area (Å²) in [5.74, 6) is -0.0815. The summed E-state index contributed by atoms with van der Waals surface area (Å²) in [5, 5.41) is 2.09. The third kappa shape index (κ3) is 2.90. The Kier molecular flexibility index (Phi) is 3.83. The van der Waals surface area contributed by atoms with Crippen molar-refractivity contribution in [2.45, 2.75) is 25.8 Å². The van der Waals surface area contributed by atoms with Gasteiger partial charge in [0.15, 0.2) is 0 Å². The summed E-state index contributed by atoms with van der Waals surface area (Å²) in [6, 6.07) is 8.58. The van der Waals surface area contributed by atoms with Gasteiger partial charge in [-0.05, 0) is 47.5 Å². The molecule has 0 saturated heterocycles. The number of hydrogen-bond acceptors (Lipinski definition) is 2. The van der Waals surface area contributed by atoms with Crippen LogP contribution >= 0.6 is 11.3 Å². The van der Waals surface area contributed by atoms with Gasteiger partial charge in [0.05, 0.1) is 0 Å². The molecule has 2 nitrogen and oxygen atoms in total. The van der Waals surface area contributed by atoms with Crippen LogP contribution in [0, 0.1) is 5.82 Å². The molecule has 0 spiro atoms. The molecule has 3 rings (SSSR count). The molecule has 2 heterocycles. The number of carbonyl (C=O) groups is 1. The summed E-state index contributed by atoms with van der Waals surface area (Å²) in [4.78, 5) is 15.5. The van der Waals surface area contributed by atoms with E-state index in [4.69, 9.17) is 0 Å². The van der Waals surface area contributed by atoms with Gasteiger partial charge >= 0.3 is 0 Å². The number of hydrogen-bond donors (Lipinski definition) is 0. The second kappa shape index (κ2) is 5.75. The Labute approximate surface area is 121 Å². The lowest BCUT2D eigenvalue weighted by Gasteiger charge is -2.27. The first-order valence-electron chi connectivity index (χ1n) is 6.80. The minimum absolute atomic E-state index is 0.158. The molecule has 1 aromatic carbocycles. The molecule has 0 saturated carbocycles. The molecule has 0 unspecified atom stereocenters. The Morgan fingerprint density at radius 1 is 1.35 bits per heavy atom. The molecule has 4 heteroatoms. The first kappa shape index (κ1) is 13.3. The maximum Gasteiger partial charge on any atom is 0.223 e. The number of carbonyl (C=O) groups excluding carboxylic acids is 1. The first-order chi connectivity index (χ1) is 9.72. The summed E-state index contributed by atoms with van der Waals surface area (Å²) in [5.41, 5.74) is 2.16. The van der Waals surface area contributed by atoms with Crippen LogP contribution in [0.2, 0.25) is 0 Å². The number of amides is 1. The molecule has 104 valence electrons. The van der Waals surface area contributed by atoms with E-state index in [0.29, 0.717) is 12.8 Å². The SMILES string of the molecule is O=C(CCc1cccc(F)c1)N1CCc2sccc2C1. The number of aryl methyl sites for hydroxylation is 1. The molecule has 0 aliphatic carbocycles. The van der Waals surface area contributed by atoms with Gasteiger partial charge < -0.3 is 4.90 Å². The quantitative estimate of drug-likeness (QED) is 0.848. The average Bonchev–Trinajstić information content (AvgIpc) is 2.92. The molecule has 1 amide bonds. The fraction of sp³-hybridized carbons (Fsp3) is 0.312. The minimum Gasteiger partial charge on any atom is -0.338 e. The molecule has 0 radical (unpaired) electrons. The third-order valence-electron chi connectivity index (χ3n) is 3.68. The number of rotatable bonds is 3. The lowest BCUT2D eigenvalue weighted by Crippen LogP contribution is -2.35. The van der Waals surface area contributed by atoms with Crippen LogP contribution in [0.5, 0.6) is 0 Å². The number of thiophene rings is 1. The van der Waals surface area contributed by atoms with Crippen molar-refractivity contribution in [3.63, 3.8) is 0 Å². The molecular formula is C16H16FNOS. The van der Waals surface area contributed by atoms with Gasteiger partial charge in [-0.3, -0.25) is 4.79 Å². The lowest BCUT2D eigenvalue weighted by molar-refractivity contribution is -0.132. The van der Waals surface area contributed by atoms with Gasteiger partial charge in [-0.2, -0.15) is 0 Å². The van der Waals surface area contributed by atoms with Crippen LogP contribution in [0.1, 0.15) is 22.4 Å². The Balaban J connectivity index is 1.58. The molecule has 1 aliphatic rings. The van der Waals surface area contributed by atoms with Crippen molar-refractivity contribution in [2.24, 2.45) is 0 Å². The van der Waals surface area contributed by atoms with Crippen molar-refractivity contribution in [2.75, 3.05) is 6.54 Å². The largest absolute Gasteiger partial charge is 0.338 e. The average molecular weight is 289 g/mol. The summed E-state index contributed by atoms with van der Waals surface area (Å²) in [7, 11) is 0. The van der Waals surface area contributed by atoms with E-state index >= 15 is 0 Å². The molecule has 0 bridgehead atoms. The number of nitrogens with zero attached hydrogens (tertiary/aromatic N) is 1. The summed E-state index contributed by atoms with van der Waals surface area (Å²) in [6.45, 7) is 1.52. The normalized spacial score (nSPS) is 14.2. The Morgan fingerprint density at radius 2 is 2.25 bits per heavy atom. The van der Waals surface area contributed by atoms with E-state index < -0.39 is 0 Å². The van der Waals surface area contributed by atoms with Crippen molar-refractivity contribution >= 4 is 17.2 Å². The van der Waals surface area contributed by atoms with E-state index in [0.717, 1.165) is 25.1 Å². The highest BCUT2D eigenvalue weighted by Gasteiger charge is 2.20. The highest BCUT2D eigenvalue weighted by atomic mass is 32.1. The predicted octanol–water partition coefficient (Wildman–Crippen LogP) is 3.40. The van der Waals surface area contributed by atoms with Crippen LogP contribution in [0.3, 0.4) is 0 Å².